The standard InChI is InChI=1S/C16H34N2/c1-4-6-9-13-18(3)14-16(17-12-5-2)15-10-7-8-11-15/h15-17H,4-14H2,1-3H3. The lowest BCUT2D eigenvalue weighted by Crippen LogP contribution is -2.44. The molecule has 108 valence electrons. The molecule has 2 heteroatoms. The molecule has 0 bridgehead atoms. The largest absolute Gasteiger partial charge is 0.312 e. The topological polar surface area (TPSA) is 15.3 Å². The average Bonchev–Trinajstić information content (AvgIpc) is 2.88. The van der Waals surface area contributed by atoms with Gasteiger partial charge in [0.1, 0.15) is 0 Å². The lowest BCUT2D eigenvalue weighted by molar-refractivity contribution is 0.237. The summed E-state index contributed by atoms with van der Waals surface area (Å²) in [5, 5.41) is 3.79. The highest BCUT2D eigenvalue weighted by Gasteiger charge is 2.25. The van der Waals surface area contributed by atoms with Gasteiger partial charge in [0.05, 0.1) is 0 Å². The molecule has 1 atom stereocenters. The van der Waals surface area contributed by atoms with Gasteiger partial charge in [0.15, 0.2) is 0 Å². The molecule has 0 aliphatic heterocycles. The molecule has 0 amide bonds. The van der Waals surface area contributed by atoms with Crippen LogP contribution in [0.1, 0.15) is 65.2 Å². The molecule has 0 aromatic heterocycles. The van der Waals surface area contributed by atoms with Crippen LogP contribution in [0, 0.1) is 5.92 Å². The molecule has 1 aliphatic rings. The first-order chi connectivity index (χ1) is 8.77. The van der Waals surface area contributed by atoms with Crippen molar-refractivity contribution in [3.63, 3.8) is 0 Å². The van der Waals surface area contributed by atoms with Gasteiger partial charge in [-0.25, -0.2) is 0 Å². The first-order valence-corrected chi connectivity index (χ1v) is 8.19. The van der Waals surface area contributed by atoms with Crippen molar-refractivity contribution in [3.05, 3.63) is 0 Å². The third-order valence-electron chi connectivity index (χ3n) is 4.28. The van der Waals surface area contributed by atoms with E-state index in [9.17, 15) is 0 Å². The van der Waals surface area contributed by atoms with E-state index in [4.69, 9.17) is 0 Å². The molecule has 18 heavy (non-hydrogen) atoms. The molecule has 1 saturated carbocycles. The van der Waals surface area contributed by atoms with Crippen LogP contribution in [0.4, 0.5) is 0 Å². The molecule has 0 aromatic rings. The van der Waals surface area contributed by atoms with Crippen LogP contribution >= 0.6 is 0 Å². The molecule has 0 aromatic carbocycles. The Morgan fingerprint density at radius 2 is 1.83 bits per heavy atom. The summed E-state index contributed by atoms with van der Waals surface area (Å²) < 4.78 is 0. The van der Waals surface area contributed by atoms with Gasteiger partial charge in [-0.15, -0.1) is 0 Å². The predicted octanol–water partition coefficient (Wildman–Crippen LogP) is 3.67. The van der Waals surface area contributed by atoms with Crippen LogP contribution in [0.25, 0.3) is 0 Å². The van der Waals surface area contributed by atoms with Gasteiger partial charge in [-0.2, -0.15) is 0 Å². The maximum Gasteiger partial charge on any atom is 0.0223 e. The van der Waals surface area contributed by atoms with Crippen molar-refractivity contribution in [1.82, 2.24) is 10.2 Å². The maximum absolute atomic E-state index is 3.79. The molecule has 1 N–H and O–H groups in total. The zero-order valence-corrected chi connectivity index (χ0v) is 12.9. The van der Waals surface area contributed by atoms with E-state index in [0.29, 0.717) is 0 Å². The number of likely N-dealkylation sites (N-methyl/N-ethyl adjacent to an activating group) is 1. The number of hydrogen-bond acceptors (Lipinski definition) is 2. The number of nitrogens with one attached hydrogen (secondary N) is 1. The fourth-order valence-corrected chi connectivity index (χ4v) is 3.13. The Kier molecular flexibility index (Phi) is 8.70. The number of hydrogen-bond donors (Lipinski definition) is 1. The summed E-state index contributed by atoms with van der Waals surface area (Å²) >= 11 is 0. The summed E-state index contributed by atoms with van der Waals surface area (Å²) in [6, 6.07) is 0.735. The molecular formula is C16H34N2. The molecule has 0 radical (unpaired) electrons. The van der Waals surface area contributed by atoms with Gasteiger partial charge in [-0.05, 0) is 51.7 Å². The minimum absolute atomic E-state index is 0.735. The highest BCUT2D eigenvalue weighted by atomic mass is 15.1. The van der Waals surface area contributed by atoms with Crippen molar-refractivity contribution in [3.8, 4) is 0 Å². The predicted molar refractivity (Wildman–Crippen MR) is 81.1 cm³/mol. The molecule has 1 rings (SSSR count). The fourth-order valence-electron chi connectivity index (χ4n) is 3.13. The van der Waals surface area contributed by atoms with Crippen molar-refractivity contribution in [1.29, 1.82) is 0 Å². The number of unbranched alkanes of at least 4 members (excludes halogenated alkanes) is 2. The first kappa shape index (κ1) is 16.0. The summed E-state index contributed by atoms with van der Waals surface area (Å²) in [4.78, 5) is 2.54. The third-order valence-corrected chi connectivity index (χ3v) is 4.28. The second-order valence-electron chi connectivity index (χ2n) is 6.07. The first-order valence-electron chi connectivity index (χ1n) is 8.19. The van der Waals surface area contributed by atoms with Crippen LogP contribution in [0.5, 0.6) is 0 Å². The third kappa shape index (κ3) is 6.19. The van der Waals surface area contributed by atoms with Crippen molar-refractivity contribution in [2.24, 2.45) is 5.92 Å². The highest BCUT2D eigenvalue weighted by molar-refractivity contribution is 4.82. The summed E-state index contributed by atoms with van der Waals surface area (Å²) in [6.07, 6.45) is 11.1. The normalized spacial score (nSPS) is 18.7. The quantitative estimate of drug-likeness (QED) is 0.598. The van der Waals surface area contributed by atoms with E-state index in [1.807, 2.05) is 0 Å². The summed E-state index contributed by atoms with van der Waals surface area (Å²) in [7, 11) is 2.30. The zero-order valence-electron chi connectivity index (χ0n) is 12.9. The Morgan fingerprint density at radius 1 is 1.11 bits per heavy atom. The fraction of sp³-hybridized carbons (Fsp3) is 1.00. The van der Waals surface area contributed by atoms with E-state index in [1.54, 1.807) is 0 Å². The molecular weight excluding hydrogens is 220 g/mol. The van der Waals surface area contributed by atoms with Crippen LogP contribution in [-0.2, 0) is 0 Å². The van der Waals surface area contributed by atoms with Crippen molar-refractivity contribution < 1.29 is 0 Å². The average molecular weight is 254 g/mol. The van der Waals surface area contributed by atoms with Gasteiger partial charge in [-0.1, -0.05) is 39.5 Å². The summed E-state index contributed by atoms with van der Waals surface area (Å²) in [6.45, 7) is 8.25. The van der Waals surface area contributed by atoms with Gasteiger partial charge in [-0.3, -0.25) is 0 Å². The second-order valence-corrected chi connectivity index (χ2v) is 6.07. The zero-order chi connectivity index (χ0) is 13.2. The van der Waals surface area contributed by atoms with Crippen molar-refractivity contribution in [2.75, 3.05) is 26.7 Å². The Morgan fingerprint density at radius 3 is 2.44 bits per heavy atom. The monoisotopic (exact) mass is 254 g/mol. The molecule has 0 saturated heterocycles. The van der Waals surface area contributed by atoms with Gasteiger partial charge in [0, 0.05) is 12.6 Å². The molecule has 2 nitrogen and oxygen atoms in total. The minimum Gasteiger partial charge on any atom is -0.312 e. The molecule has 1 unspecified atom stereocenters. The molecule has 0 spiro atoms. The van der Waals surface area contributed by atoms with Crippen molar-refractivity contribution >= 4 is 0 Å². The van der Waals surface area contributed by atoms with E-state index >= 15 is 0 Å². The van der Waals surface area contributed by atoms with Crippen LogP contribution in [0.3, 0.4) is 0 Å². The Labute approximate surface area is 115 Å². The Hall–Kier alpha value is -0.0800. The van der Waals surface area contributed by atoms with E-state index < -0.39 is 0 Å². The molecule has 1 fully saturated rings. The highest BCUT2D eigenvalue weighted by Crippen LogP contribution is 2.28. The molecule has 1 aliphatic carbocycles. The SMILES string of the molecule is CCCCCN(C)CC(NCCC)C1CCCC1. The van der Waals surface area contributed by atoms with Crippen LogP contribution in [0.2, 0.25) is 0 Å². The number of rotatable bonds is 10. The van der Waals surface area contributed by atoms with Crippen molar-refractivity contribution in [2.45, 2.75) is 71.3 Å². The lowest BCUT2D eigenvalue weighted by Gasteiger charge is -2.29. The van der Waals surface area contributed by atoms with Gasteiger partial charge in [0.25, 0.3) is 0 Å². The van der Waals surface area contributed by atoms with E-state index in [0.717, 1.165) is 12.0 Å². The smallest absolute Gasteiger partial charge is 0.0223 e. The van der Waals surface area contributed by atoms with E-state index in [2.05, 4.69) is 31.1 Å². The van der Waals surface area contributed by atoms with Crippen LogP contribution in [0.15, 0.2) is 0 Å². The molecule has 0 heterocycles. The lowest BCUT2D eigenvalue weighted by atomic mass is 9.97. The van der Waals surface area contributed by atoms with Gasteiger partial charge < -0.3 is 10.2 Å². The summed E-state index contributed by atoms with van der Waals surface area (Å²) in [5.74, 6) is 0.935. The van der Waals surface area contributed by atoms with Crippen LogP contribution < -0.4 is 5.32 Å². The minimum atomic E-state index is 0.735. The second kappa shape index (κ2) is 9.80. The summed E-state index contributed by atoms with van der Waals surface area (Å²) in [5.41, 5.74) is 0. The van der Waals surface area contributed by atoms with Gasteiger partial charge in [0.2, 0.25) is 0 Å². The Bertz CT molecular complexity index is 188. The van der Waals surface area contributed by atoms with E-state index in [-0.39, 0.29) is 0 Å². The van der Waals surface area contributed by atoms with Crippen LogP contribution in [-0.4, -0.2) is 37.6 Å². The number of nitrogens with zero attached hydrogens (tertiary/aromatic N) is 1. The van der Waals surface area contributed by atoms with E-state index in [1.165, 1.54) is 71.0 Å². The Balaban J connectivity index is 2.29. The maximum atomic E-state index is 3.79. The van der Waals surface area contributed by atoms with Gasteiger partial charge >= 0.3 is 0 Å².